The highest BCUT2D eigenvalue weighted by atomic mass is 32.1. The summed E-state index contributed by atoms with van der Waals surface area (Å²) < 4.78 is 0. The van der Waals surface area contributed by atoms with Crippen molar-refractivity contribution in [2.24, 2.45) is 0 Å². The molecule has 2 heteroatoms. The first kappa shape index (κ1) is 13.7. The van der Waals surface area contributed by atoms with Gasteiger partial charge in [0.05, 0.1) is 10.7 Å². The van der Waals surface area contributed by atoms with E-state index >= 15 is 0 Å². The summed E-state index contributed by atoms with van der Waals surface area (Å²) in [7, 11) is 0. The second-order valence-corrected chi connectivity index (χ2v) is 5.91. The predicted octanol–water partition coefficient (Wildman–Crippen LogP) is 5.05. The van der Waals surface area contributed by atoms with Crippen LogP contribution in [-0.2, 0) is 6.42 Å². The molecule has 0 atom stereocenters. The molecule has 0 aliphatic heterocycles. The van der Waals surface area contributed by atoms with E-state index in [9.17, 15) is 0 Å². The summed E-state index contributed by atoms with van der Waals surface area (Å²) in [5.74, 6) is 0. The lowest BCUT2D eigenvalue weighted by Crippen LogP contribution is -1.85. The molecule has 0 saturated heterocycles. The van der Waals surface area contributed by atoms with Crippen molar-refractivity contribution in [1.82, 2.24) is 4.98 Å². The maximum atomic E-state index is 4.58. The van der Waals surface area contributed by atoms with Gasteiger partial charge in [-0.1, -0.05) is 45.4 Å². The topological polar surface area (TPSA) is 12.9 Å². The van der Waals surface area contributed by atoms with Gasteiger partial charge in [-0.15, -0.1) is 11.3 Å². The van der Waals surface area contributed by atoms with Crippen molar-refractivity contribution in [2.75, 3.05) is 0 Å². The average Bonchev–Trinajstić information content (AvgIpc) is 2.57. The first-order chi connectivity index (χ1) is 7.74. The Bertz CT molecular complexity index is 271. The van der Waals surface area contributed by atoms with E-state index in [-0.39, 0.29) is 0 Å². The quantitative estimate of drug-likeness (QED) is 0.578. The summed E-state index contributed by atoms with van der Waals surface area (Å²) >= 11 is 1.88. The molecule has 0 spiro atoms. The minimum Gasteiger partial charge on any atom is -0.246 e. The zero-order valence-electron chi connectivity index (χ0n) is 11.0. The molecule has 0 aliphatic rings. The standard InChI is InChI=1S/C14H25NS/c1-4-5-6-7-8-9-10-11-14-15-12(2)13(3)16-14/h4-11H2,1-3H3. The molecule has 1 heterocycles. The van der Waals surface area contributed by atoms with Crippen LogP contribution in [0.3, 0.4) is 0 Å². The van der Waals surface area contributed by atoms with Gasteiger partial charge in [-0.3, -0.25) is 0 Å². The van der Waals surface area contributed by atoms with E-state index in [0.717, 1.165) is 0 Å². The molecule has 0 fully saturated rings. The first-order valence-electron chi connectivity index (χ1n) is 6.67. The van der Waals surface area contributed by atoms with E-state index in [1.54, 1.807) is 0 Å². The first-order valence-corrected chi connectivity index (χ1v) is 7.48. The van der Waals surface area contributed by atoms with Crippen LogP contribution in [0.15, 0.2) is 0 Å². The van der Waals surface area contributed by atoms with E-state index in [0.29, 0.717) is 0 Å². The number of hydrogen-bond acceptors (Lipinski definition) is 2. The third kappa shape index (κ3) is 5.11. The van der Waals surface area contributed by atoms with Crippen molar-refractivity contribution in [2.45, 2.75) is 72.1 Å². The Kier molecular flexibility index (Phi) is 6.70. The van der Waals surface area contributed by atoms with Crippen LogP contribution in [-0.4, -0.2) is 4.98 Å². The van der Waals surface area contributed by atoms with Gasteiger partial charge < -0.3 is 0 Å². The fraction of sp³-hybridized carbons (Fsp3) is 0.786. The Balaban J connectivity index is 2.03. The number of aryl methyl sites for hydroxylation is 3. The SMILES string of the molecule is CCCCCCCCCc1nc(C)c(C)s1. The van der Waals surface area contributed by atoms with Gasteiger partial charge in [0.15, 0.2) is 0 Å². The summed E-state index contributed by atoms with van der Waals surface area (Å²) in [6.45, 7) is 6.55. The Morgan fingerprint density at radius 3 is 2.12 bits per heavy atom. The smallest absolute Gasteiger partial charge is 0.0930 e. The Morgan fingerprint density at radius 1 is 0.938 bits per heavy atom. The number of rotatable bonds is 8. The highest BCUT2D eigenvalue weighted by Crippen LogP contribution is 2.18. The van der Waals surface area contributed by atoms with Gasteiger partial charge in [0.2, 0.25) is 0 Å². The van der Waals surface area contributed by atoms with E-state index in [1.165, 1.54) is 66.9 Å². The maximum absolute atomic E-state index is 4.58. The molecule has 1 nitrogen and oxygen atoms in total. The highest BCUT2D eigenvalue weighted by Gasteiger charge is 2.02. The fourth-order valence-corrected chi connectivity index (χ4v) is 2.86. The molecule has 0 saturated carbocycles. The van der Waals surface area contributed by atoms with Crippen LogP contribution in [0.5, 0.6) is 0 Å². The molecular formula is C14H25NS. The van der Waals surface area contributed by atoms with Gasteiger partial charge in [0, 0.05) is 4.88 Å². The number of hydrogen-bond donors (Lipinski definition) is 0. The van der Waals surface area contributed by atoms with Crippen molar-refractivity contribution < 1.29 is 0 Å². The number of aromatic nitrogens is 1. The zero-order valence-corrected chi connectivity index (χ0v) is 11.8. The minimum absolute atomic E-state index is 1.19. The minimum atomic E-state index is 1.19. The van der Waals surface area contributed by atoms with Crippen molar-refractivity contribution in [3.8, 4) is 0 Å². The monoisotopic (exact) mass is 239 g/mol. The lowest BCUT2D eigenvalue weighted by Gasteiger charge is -1.99. The summed E-state index contributed by atoms with van der Waals surface area (Å²) in [5.41, 5.74) is 1.22. The molecule has 0 N–H and O–H groups in total. The van der Waals surface area contributed by atoms with E-state index < -0.39 is 0 Å². The van der Waals surface area contributed by atoms with E-state index in [1.807, 2.05) is 11.3 Å². The van der Waals surface area contributed by atoms with Crippen molar-refractivity contribution >= 4 is 11.3 Å². The van der Waals surface area contributed by atoms with Gasteiger partial charge in [-0.2, -0.15) is 0 Å². The van der Waals surface area contributed by atoms with Crippen LogP contribution in [0.1, 0.15) is 67.4 Å². The Hall–Kier alpha value is -0.370. The Labute approximate surface area is 104 Å². The number of nitrogens with zero attached hydrogens (tertiary/aromatic N) is 1. The van der Waals surface area contributed by atoms with Crippen LogP contribution >= 0.6 is 11.3 Å². The van der Waals surface area contributed by atoms with E-state index in [2.05, 4.69) is 25.8 Å². The molecule has 92 valence electrons. The molecular weight excluding hydrogens is 214 g/mol. The van der Waals surface area contributed by atoms with Crippen LogP contribution in [0.4, 0.5) is 0 Å². The lowest BCUT2D eigenvalue weighted by atomic mass is 10.1. The lowest BCUT2D eigenvalue weighted by molar-refractivity contribution is 0.589. The largest absolute Gasteiger partial charge is 0.246 e. The maximum Gasteiger partial charge on any atom is 0.0930 e. The molecule has 0 amide bonds. The van der Waals surface area contributed by atoms with Gasteiger partial charge in [-0.05, 0) is 26.7 Å². The average molecular weight is 239 g/mol. The van der Waals surface area contributed by atoms with Crippen molar-refractivity contribution in [1.29, 1.82) is 0 Å². The van der Waals surface area contributed by atoms with Gasteiger partial charge >= 0.3 is 0 Å². The second-order valence-electron chi connectivity index (χ2n) is 4.62. The molecule has 16 heavy (non-hydrogen) atoms. The van der Waals surface area contributed by atoms with Crippen LogP contribution in [0.25, 0.3) is 0 Å². The molecule has 0 unspecified atom stereocenters. The molecule has 1 rings (SSSR count). The predicted molar refractivity (Wildman–Crippen MR) is 73.3 cm³/mol. The second kappa shape index (κ2) is 7.83. The normalized spacial score (nSPS) is 10.9. The Morgan fingerprint density at radius 2 is 1.56 bits per heavy atom. The van der Waals surface area contributed by atoms with Gasteiger partial charge in [-0.25, -0.2) is 4.98 Å². The van der Waals surface area contributed by atoms with Crippen molar-refractivity contribution in [3.05, 3.63) is 15.6 Å². The van der Waals surface area contributed by atoms with Gasteiger partial charge in [0.1, 0.15) is 0 Å². The summed E-state index contributed by atoms with van der Waals surface area (Å²) in [6, 6.07) is 0. The molecule has 1 aromatic rings. The molecule has 0 radical (unpaired) electrons. The molecule has 0 aromatic carbocycles. The third-order valence-corrected chi connectivity index (χ3v) is 4.20. The molecule has 0 aliphatic carbocycles. The molecule has 1 aromatic heterocycles. The number of unbranched alkanes of at least 4 members (excludes halogenated alkanes) is 6. The highest BCUT2D eigenvalue weighted by molar-refractivity contribution is 7.11. The number of thiazole rings is 1. The van der Waals surface area contributed by atoms with E-state index in [4.69, 9.17) is 0 Å². The summed E-state index contributed by atoms with van der Waals surface area (Å²) in [5, 5.41) is 1.34. The van der Waals surface area contributed by atoms with Crippen LogP contribution < -0.4 is 0 Å². The summed E-state index contributed by atoms with van der Waals surface area (Å²) in [6.07, 6.45) is 10.9. The summed E-state index contributed by atoms with van der Waals surface area (Å²) in [4.78, 5) is 5.96. The van der Waals surface area contributed by atoms with Crippen molar-refractivity contribution in [3.63, 3.8) is 0 Å². The third-order valence-electron chi connectivity index (χ3n) is 3.07. The fourth-order valence-electron chi connectivity index (χ4n) is 1.88. The van der Waals surface area contributed by atoms with Gasteiger partial charge in [0.25, 0.3) is 0 Å². The van der Waals surface area contributed by atoms with Crippen LogP contribution in [0.2, 0.25) is 0 Å². The van der Waals surface area contributed by atoms with Crippen LogP contribution in [0, 0.1) is 13.8 Å². The zero-order chi connectivity index (χ0) is 11.8. The molecule has 0 bridgehead atoms.